The number of non-ortho nitro benzene ring substituents is 1. The zero-order chi connectivity index (χ0) is 29.4. The number of carbonyl (C=O) groups excluding carboxylic acids is 2. The molecule has 3 aromatic carbocycles. The normalized spacial score (nSPS) is 12.7. The molecule has 3 aromatic rings. The molecular formula is C28H31ClN4O6S. The maximum Gasteiger partial charge on any atom is 0.271 e. The van der Waals surface area contributed by atoms with Crippen molar-refractivity contribution in [3.05, 3.63) is 99.6 Å². The van der Waals surface area contributed by atoms with Crippen molar-refractivity contribution >= 4 is 44.8 Å². The number of nitro groups is 1. The van der Waals surface area contributed by atoms with E-state index in [1.165, 1.54) is 47.4 Å². The molecule has 2 atom stereocenters. The highest BCUT2D eigenvalue weighted by Gasteiger charge is 2.33. The molecule has 0 saturated heterocycles. The highest BCUT2D eigenvalue weighted by Crippen LogP contribution is 2.27. The van der Waals surface area contributed by atoms with Crippen LogP contribution in [0.1, 0.15) is 32.8 Å². The van der Waals surface area contributed by atoms with E-state index < -0.39 is 39.3 Å². The summed E-state index contributed by atoms with van der Waals surface area (Å²) in [6.07, 6.45) is 0.677. The van der Waals surface area contributed by atoms with E-state index in [1.54, 1.807) is 37.3 Å². The Hall–Kier alpha value is -3.96. The Morgan fingerprint density at radius 2 is 1.68 bits per heavy atom. The second-order valence-corrected chi connectivity index (χ2v) is 11.5. The number of nitro benzene ring substituents is 1. The number of hydrogen-bond acceptors (Lipinski definition) is 6. The first-order valence-corrected chi connectivity index (χ1v) is 14.4. The van der Waals surface area contributed by atoms with E-state index in [1.807, 2.05) is 13.8 Å². The fourth-order valence-electron chi connectivity index (χ4n) is 3.89. The lowest BCUT2D eigenvalue weighted by molar-refractivity contribution is -0.384. The molecule has 1 N–H and O–H groups in total. The summed E-state index contributed by atoms with van der Waals surface area (Å²) in [4.78, 5) is 38.9. The molecular weight excluding hydrogens is 556 g/mol. The molecule has 0 aliphatic carbocycles. The van der Waals surface area contributed by atoms with Crippen molar-refractivity contribution in [1.82, 2.24) is 10.2 Å². The van der Waals surface area contributed by atoms with Crippen molar-refractivity contribution in [2.45, 2.75) is 50.7 Å². The van der Waals surface area contributed by atoms with E-state index in [0.717, 1.165) is 10.4 Å². The highest BCUT2D eigenvalue weighted by molar-refractivity contribution is 7.92. The predicted octanol–water partition coefficient (Wildman–Crippen LogP) is 4.78. The van der Waals surface area contributed by atoms with Crippen LogP contribution in [0.5, 0.6) is 0 Å². The first-order chi connectivity index (χ1) is 18.9. The van der Waals surface area contributed by atoms with Gasteiger partial charge in [-0.15, -0.1) is 0 Å². The number of hydrogen-bond donors (Lipinski definition) is 1. The molecule has 0 aliphatic heterocycles. The number of amides is 2. The van der Waals surface area contributed by atoms with Gasteiger partial charge >= 0.3 is 0 Å². The van der Waals surface area contributed by atoms with Crippen LogP contribution in [-0.4, -0.2) is 48.7 Å². The minimum absolute atomic E-state index is 0.0252. The van der Waals surface area contributed by atoms with Crippen molar-refractivity contribution in [2.75, 3.05) is 10.8 Å². The number of halogens is 1. The smallest absolute Gasteiger partial charge is 0.271 e. The number of rotatable bonds is 12. The number of anilines is 1. The van der Waals surface area contributed by atoms with Gasteiger partial charge < -0.3 is 10.2 Å². The highest BCUT2D eigenvalue weighted by atomic mass is 35.5. The summed E-state index contributed by atoms with van der Waals surface area (Å²) in [6, 6.07) is 18.2. The second-order valence-electron chi connectivity index (χ2n) is 9.25. The van der Waals surface area contributed by atoms with Crippen LogP contribution in [0.25, 0.3) is 0 Å². The van der Waals surface area contributed by atoms with E-state index in [4.69, 9.17) is 11.6 Å². The average molecular weight is 587 g/mol. The summed E-state index contributed by atoms with van der Waals surface area (Å²) in [6.45, 7) is 4.58. The zero-order valence-corrected chi connectivity index (χ0v) is 23.9. The molecule has 0 spiro atoms. The molecule has 40 heavy (non-hydrogen) atoms. The van der Waals surface area contributed by atoms with Gasteiger partial charge in [0.25, 0.3) is 15.7 Å². The van der Waals surface area contributed by atoms with Crippen molar-refractivity contribution in [3.8, 4) is 0 Å². The van der Waals surface area contributed by atoms with E-state index >= 15 is 0 Å². The van der Waals surface area contributed by atoms with Gasteiger partial charge in [-0.3, -0.25) is 24.0 Å². The second kappa shape index (κ2) is 13.4. The van der Waals surface area contributed by atoms with E-state index in [0.29, 0.717) is 17.0 Å². The summed E-state index contributed by atoms with van der Waals surface area (Å²) < 4.78 is 28.3. The SMILES string of the molecule is CC[C@@H](C)NC(=O)[C@H](C)N(Cc1cccc(Cl)c1)C(=O)CN(c1cccc([N+](=O)[O-])c1)S(=O)(=O)c1ccccc1. The van der Waals surface area contributed by atoms with Gasteiger partial charge in [0.1, 0.15) is 12.6 Å². The standard InChI is InChI=1S/C28H31ClN4O6S/c1-4-20(2)30-28(35)21(3)31(18-22-10-8-11-23(29)16-22)27(34)19-32(24-12-9-13-25(17-24)33(36)37)40(38,39)26-14-6-5-7-15-26/h5-17,20-21H,4,18-19H2,1-3H3,(H,30,35)/t20-,21+/m1/s1. The zero-order valence-electron chi connectivity index (χ0n) is 22.4. The number of nitrogens with one attached hydrogen (secondary N) is 1. The van der Waals surface area contributed by atoms with Crippen molar-refractivity contribution in [3.63, 3.8) is 0 Å². The maximum absolute atomic E-state index is 13.9. The van der Waals surface area contributed by atoms with Crippen LogP contribution in [0, 0.1) is 10.1 Å². The molecule has 0 aromatic heterocycles. The van der Waals surface area contributed by atoms with Crippen LogP contribution in [0.3, 0.4) is 0 Å². The van der Waals surface area contributed by atoms with Gasteiger partial charge in [-0.25, -0.2) is 8.42 Å². The van der Waals surface area contributed by atoms with E-state index in [9.17, 15) is 28.1 Å². The van der Waals surface area contributed by atoms with Gasteiger partial charge in [0, 0.05) is 29.7 Å². The van der Waals surface area contributed by atoms with Crippen LogP contribution < -0.4 is 9.62 Å². The molecule has 0 saturated carbocycles. The summed E-state index contributed by atoms with van der Waals surface area (Å²) >= 11 is 6.14. The number of sulfonamides is 1. The van der Waals surface area contributed by atoms with Crippen LogP contribution in [0.4, 0.5) is 11.4 Å². The molecule has 10 nitrogen and oxygen atoms in total. The minimum atomic E-state index is -4.33. The van der Waals surface area contributed by atoms with Gasteiger partial charge in [0.05, 0.1) is 15.5 Å². The topological polar surface area (TPSA) is 130 Å². The Morgan fingerprint density at radius 1 is 1.00 bits per heavy atom. The van der Waals surface area contributed by atoms with Crippen molar-refractivity contribution in [1.29, 1.82) is 0 Å². The molecule has 0 heterocycles. The predicted molar refractivity (Wildman–Crippen MR) is 153 cm³/mol. The number of benzene rings is 3. The lowest BCUT2D eigenvalue weighted by Gasteiger charge is -2.32. The molecule has 0 aliphatic rings. The van der Waals surface area contributed by atoms with E-state index in [2.05, 4.69) is 5.32 Å². The van der Waals surface area contributed by atoms with Crippen molar-refractivity contribution < 1.29 is 22.9 Å². The quantitative estimate of drug-likeness (QED) is 0.240. The molecule has 0 fully saturated rings. The average Bonchev–Trinajstić information content (AvgIpc) is 2.94. The van der Waals surface area contributed by atoms with Gasteiger partial charge in [-0.1, -0.05) is 54.9 Å². The maximum atomic E-state index is 13.9. The third-order valence-corrected chi connectivity index (χ3v) is 8.37. The van der Waals surface area contributed by atoms with Crippen molar-refractivity contribution in [2.24, 2.45) is 0 Å². The first kappa shape index (κ1) is 30.6. The Kier molecular flexibility index (Phi) is 10.2. The number of carbonyl (C=O) groups is 2. The third-order valence-electron chi connectivity index (χ3n) is 6.35. The van der Waals surface area contributed by atoms with Crippen LogP contribution in [0.2, 0.25) is 5.02 Å². The van der Waals surface area contributed by atoms with Crippen LogP contribution >= 0.6 is 11.6 Å². The Morgan fingerprint density at radius 3 is 2.30 bits per heavy atom. The molecule has 0 bridgehead atoms. The third kappa shape index (κ3) is 7.57. The monoisotopic (exact) mass is 586 g/mol. The van der Waals surface area contributed by atoms with Gasteiger partial charge in [-0.2, -0.15) is 0 Å². The fraction of sp³-hybridized carbons (Fsp3) is 0.286. The first-order valence-electron chi connectivity index (χ1n) is 12.6. The van der Waals surface area contributed by atoms with Crippen LogP contribution in [-0.2, 0) is 26.2 Å². The largest absolute Gasteiger partial charge is 0.352 e. The Labute approximate surface area is 238 Å². The fourth-order valence-corrected chi connectivity index (χ4v) is 5.53. The lowest BCUT2D eigenvalue weighted by atomic mass is 10.1. The van der Waals surface area contributed by atoms with E-state index in [-0.39, 0.29) is 28.9 Å². The Bertz CT molecular complexity index is 1470. The summed E-state index contributed by atoms with van der Waals surface area (Å²) in [5.74, 6) is -1.09. The molecule has 212 valence electrons. The lowest BCUT2D eigenvalue weighted by Crippen LogP contribution is -2.52. The summed E-state index contributed by atoms with van der Waals surface area (Å²) in [7, 11) is -4.33. The molecule has 12 heteroatoms. The van der Waals surface area contributed by atoms with Gasteiger partial charge in [0.2, 0.25) is 11.8 Å². The minimum Gasteiger partial charge on any atom is -0.352 e. The molecule has 0 radical (unpaired) electrons. The number of nitrogens with zero attached hydrogens (tertiary/aromatic N) is 3. The van der Waals surface area contributed by atoms with Gasteiger partial charge in [-0.05, 0) is 56.2 Å². The molecule has 2 amide bonds. The van der Waals surface area contributed by atoms with Gasteiger partial charge in [0.15, 0.2) is 0 Å². The molecule has 0 unspecified atom stereocenters. The van der Waals surface area contributed by atoms with Crippen LogP contribution in [0.15, 0.2) is 83.8 Å². The molecule has 3 rings (SSSR count). The Balaban J connectivity index is 2.06. The summed E-state index contributed by atoms with van der Waals surface area (Å²) in [5, 5.41) is 14.7. The summed E-state index contributed by atoms with van der Waals surface area (Å²) in [5.41, 5.74) is 0.234.